The summed E-state index contributed by atoms with van der Waals surface area (Å²) < 4.78 is 5.77. The van der Waals surface area contributed by atoms with Crippen molar-refractivity contribution in [2.45, 2.75) is 225 Å². The minimum Gasteiger partial charge on any atom is -0.447 e. The van der Waals surface area contributed by atoms with E-state index in [0.717, 1.165) is 45.2 Å². The zero-order valence-electron chi connectivity index (χ0n) is 38.9. The number of hydrogen-bond acceptors (Lipinski definition) is 6. The number of carbonyl (C=O) groups excluding carboxylic acids is 3. The molecular formula is C48H97N5O4. The number of amides is 3. The van der Waals surface area contributed by atoms with Crippen LogP contribution in [0.3, 0.4) is 0 Å². The summed E-state index contributed by atoms with van der Waals surface area (Å²) in [6.45, 7) is 7.43. The average molecular weight is 808 g/mol. The number of carbonyl (C=O) groups is 3. The normalized spacial score (nSPS) is 12.0. The zero-order chi connectivity index (χ0) is 42.0. The van der Waals surface area contributed by atoms with Crippen LogP contribution in [-0.2, 0) is 14.3 Å². The molecule has 0 spiro atoms. The number of nitrogens with zero attached hydrogens (tertiary/aromatic N) is 3. The predicted octanol–water partition coefficient (Wildman–Crippen LogP) is 11.7. The lowest BCUT2D eigenvalue weighted by Gasteiger charge is -2.26. The second kappa shape index (κ2) is 42.3. The lowest BCUT2D eigenvalue weighted by atomic mass is 10.0. The molecule has 0 saturated carbocycles. The number of likely N-dealkylation sites (N-methyl/N-ethyl adjacent to an activating group) is 2. The van der Waals surface area contributed by atoms with Gasteiger partial charge in [-0.15, -0.1) is 0 Å². The van der Waals surface area contributed by atoms with Crippen LogP contribution in [0, 0.1) is 0 Å². The van der Waals surface area contributed by atoms with E-state index in [1.54, 1.807) is 4.90 Å². The van der Waals surface area contributed by atoms with Gasteiger partial charge in [-0.3, -0.25) is 9.59 Å². The molecule has 57 heavy (non-hydrogen) atoms. The first-order chi connectivity index (χ1) is 27.7. The lowest BCUT2D eigenvalue weighted by molar-refractivity contribution is -0.124. The van der Waals surface area contributed by atoms with Gasteiger partial charge >= 0.3 is 6.09 Å². The monoisotopic (exact) mass is 808 g/mol. The maximum absolute atomic E-state index is 13.2. The summed E-state index contributed by atoms with van der Waals surface area (Å²) in [6, 6.07) is -0.465. The number of unbranched alkanes of at least 4 members (excludes halogenated alkanes) is 28. The third-order valence-corrected chi connectivity index (χ3v) is 11.2. The van der Waals surface area contributed by atoms with Gasteiger partial charge < -0.3 is 30.1 Å². The Morgan fingerprint density at radius 2 is 0.754 bits per heavy atom. The largest absolute Gasteiger partial charge is 0.447 e. The zero-order valence-corrected chi connectivity index (χ0v) is 38.9. The first-order valence-corrected chi connectivity index (χ1v) is 24.5. The van der Waals surface area contributed by atoms with Gasteiger partial charge in [0.1, 0.15) is 6.61 Å². The molecule has 1 unspecified atom stereocenters. The summed E-state index contributed by atoms with van der Waals surface area (Å²) in [5.41, 5.74) is 0. The first-order valence-electron chi connectivity index (χ1n) is 24.5. The molecule has 0 aromatic carbocycles. The summed E-state index contributed by atoms with van der Waals surface area (Å²) >= 11 is 0. The predicted molar refractivity (Wildman–Crippen MR) is 244 cm³/mol. The number of nitrogens with one attached hydrogen (secondary N) is 2. The Morgan fingerprint density at radius 1 is 0.439 bits per heavy atom. The highest BCUT2D eigenvalue weighted by atomic mass is 16.6. The van der Waals surface area contributed by atoms with Crippen LogP contribution in [0.4, 0.5) is 4.79 Å². The number of rotatable bonds is 43. The van der Waals surface area contributed by atoms with Crippen molar-refractivity contribution in [3.8, 4) is 0 Å². The summed E-state index contributed by atoms with van der Waals surface area (Å²) in [7, 11) is 7.95. The van der Waals surface area contributed by atoms with Crippen LogP contribution in [0.25, 0.3) is 0 Å². The molecule has 0 aliphatic heterocycles. The topological polar surface area (TPSA) is 94.2 Å². The van der Waals surface area contributed by atoms with Crippen molar-refractivity contribution < 1.29 is 19.1 Å². The summed E-state index contributed by atoms with van der Waals surface area (Å²) in [5.74, 6) is -0.0456. The van der Waals surface area contributed by atoms with E-state index in [0.29, 0.717) is 25.9 Å². The molecular weight excluding hydrogens is 711 g/mol. The van der Waals surface area contributed by atoms with E-state index in [2.05, 4.69) is 24.5 Å². The first kappa shape index (κ1) is 55.1. The Bertz CT molecular complexity index is 890. The van der Waals surface area contributed by atoms with Gasteiger partial charge in [-0.1, -0.05) is 194 Å². The van der Waals surface area contributed by atoms with E-state index in [1.807, 2.05) is 38.0 Å². The van der Waals surface area contributed by atoms with Crippen molar-refractivity contribution in [3.05, 3.63) is 0 Å². The van der Waals surface area contributed by atoms with Crippen LogP contribution < -0.4 is 10.6 Å². The molecule has 3 amide bonds. The summed E-state index contributed by atoms with van der Waals surface area (Å²) in [5, 5.41) is 6.09. The van der Waals surface area contributed by atoms with Gasteiger partial charge in [0, 0.05) is 45.6 Å². The maximum Gasteiger partial charge on any atom is 0.409 e. The molecule has 0 aromatic rings. The van der Waals surface area contributed by atoms with Gasteiger partial charge in [0.25, 0.3) is 0 Å². The van der Waals surface area contributed by atoms with Crippen LogP contribution in [0.5, 0.6) is 0 Å². The molecule has 338 valence electrons. The quantitative estimate of drug-likeness (QED) is 0.0596. The Labute approximate surface area is 354 Å². The van der Waals surface area contributed by atoms with Gasteiger partial charge in [0.2, 0.25) is 11.8 Å². The van der Waals surface area contributed by atoms with E-state index in [9.17, 15) is 14.4 Å². The van der Waals surface area contributed by atoms with Crippen LogP contribution in [-0.4, -0.2) is 106 Å². The van der Waals surface area contributed by atoms with Crippen LogP contribution in [0.15, 0.2) is 0 Å². The van der Waals surface area contributed by atoms with Gasteiger partial charge in [-0.05, 0) is 41.0 Å². The van der Waals surface area contributed by atoms with E-state index in [1.165, 1.54) is 161 Å². The third kappa shape index (κ3) is 40.7. The standard InChI is InChI=1S/C48H97N5O4/c1-7-9-11-13-15-17-19-21-23-25-27-29-31-33-35-37-46(54)49-43-45(44-57-48(56)53(41-39-51(3)4)42-40-52(5)6)50-47(55)38-36-34-32-30-28-26-24-22-20-18-16-14-12-10-8-2/h45H,7-44H2,1-6H3,(H,49,54)(H,50,55). The van der Waals surface area contributed by atoms with Crippen LogP contribution >= 0.6 is 0 Å². The lowest BCUT2D eigenvalue weighted by Crippen LogP contribution is -2.48. The Kier molecular flexibility index (Phi) is 40.9. The van der Waals surface area contributed by atoms with Crippen molar-refractivity contribution in [2.24, 2.45) is 0 Å². The fourth-order valence-corrected chi connectivity index (χ4v) is 7.29. The SMILES string of the molecule is CCCCCCCCCCCCCCCCCC(=O)NCC(COC(=O)N(CCN(C)C)CCN(C)C)NC(=O)CCCCCCCCCCCCCCCCC. The highest BCUT2D eigenvalue weighted by Crippen LogP contribution is 2.15. The molecule has 0 saturated heterocycles. The van der Waals surface area contributed by atoms with Crippen molar-refractivity contribution >= 4 is 17.9 Å². The van der Waals surface area contributed by atoms with Gasteiger partial charge in [-0.25, -0.2) is 4.79 Å². The molecule has 0 radical (unpaired) electrons. The van der Waals surface area contributed by atoms with E-state index in [4.69, 9.17) is 4.74 Å². The molecule has 0 fully saturated rings. The molecule has 0 heterocycles. The highest BCUT2D eigenvalue weighted by Gasteiger charge is 2.20. The molecule has 0 aromatic heterocycles. The van der Waals surface area contributed by atoms with E-state index in [-0.39, 0.29) is 31.1 Å². The minimum absolute atomic E-state index is 0.00345. The molecule has 0 aliphatic carbocycles. The molecule has 9 heteroatoms. The second-order valence-corrected chi connectivity index (χ2v) is 17.6. The van der Waals surface area contributed by atoms with Gasteiger partial charge in [0.05, 0.1) is 6.04 Å². The van der Waals surface area contributed by atoms with Crippen molar-refractivity contribution in [3.63, 3.8) is 0 Å². The fraction of sp³-hybridized carbons (Fsp3) is 0.938. The molecule has 1 atom stereocenters. The molecule has 9 nitrogen and oxygen atoms in total. The highest BCUT2D eigenvalue weighted by molar-refractivity contribution is 5.77. The van der Waals surface area contributed by atoms with Gasteiger partial charge in [-0.2, -0.15) is 0 Å². The fourth-order valence-electron chi connectivity index (χ4n) is 7.29. The Morgan fingerprint density at radius 3 is 1.09 bits per heavy atom. The average Bonchev–Trinajstić information content (AvgIpc) is 3.18. The van der Waals surface area contributed by atoms with Crippen molar-refractivity contribution in [1.82, 2.24) is 25.3 Å². The minimum atomic E-state index is -0.465. The Balaban J connectivity index is 4.52. The van der Waals surface area contributed by atoms with E-state index < -0.39 is 6.04 Å². The van der Waals surface area contributed by atoms with Crippen LogP contribution in [0.2, 0.25) is 0 Å². The molecule has 0 aliphatic rings. The van der Waals surface area contributed by atoms with Crippen molar-refractivity contribution in [2.75, 3.05) is 67.5 Å². The van der Waals surface area contributed by atoms with Crippen LogP contribution in [0.1, 0.15) is 219 Å². The summed E-state index contributed by atoms with van der Waals surface area (Å²) in [6.07, 6.45) is 39.3. The van der Waals surface area contributed by atoms with Crippen molar-refractivity contribution in [1.29, 1.82) is 0 Å². The van der Waals surface area contributed by atoms with E-state index >= 15 is 0 Å². The van der Waals surface area contributed by atoms with Gasteiger partial charge in [0.15, 0.2) is 0 Å². The maximum atomic E-state index is 13.2. The second-order valence-electron chi connectivity index (χ2n) is 17.6. The summed E-state index contributed by atoms with van der Waals surface area (Å²) in [4.78, 5) is 44.8. The smallest absolute Gasteiger partial charge is 0.409 e. The molecule has 0 rings (SSSR count). The third-order valence-electron chi connectivity index (χ3n) is 11.2. The molecule has 0 bridgehead atoms. The number of hydrogen-bond donors (Lipinski definition) is 2. The Hall–Kier alpha value is -1.87. The molecule has 2 N–H and O–H groups in total. The number of ether oxygens (including phenoxy) is 1.